The fourth-order valence-corrected chi connectivity index (χ4v) is 2.23. The van der Waals surface area contributed by atoms with Crippen LogP contribution in [-0.4, -0.2) is 29.1 Å². The highest BCUT2D eigenvalue weighted by Crippen LogP contribution is 2.20. The average Bonchev–Trinajstić information content (AvgIpc) is 2.77. The number of aromatic amines is 1. The molecule has 7 nitrogen and oxygen atoms in total. The number of fused-ring (bicyclic) bond motifs is 1. The number of methoxy groups -OCH3 is 1. The lowest BCUT2D eigenvalue weighted by atomic mass is 9.93. The molecular weight excluding hydrogens is 278 g/mol. The second-order valence-corrected chi connectivity index (χ2v) is 4.79. The van der Waals surface area contributed by atoms with Crippen LogP contribution in [0.4, 0.5) is 0 Å². The number of carbonyl (C=O) groups excluding carboxylic acids is 1. The number of hydrogen-bond acceptors (Lipinski definition) is 5. The SMILES string of the molecule is COC(=O)CC(CC(=O)O)Cc1ccc2[nH]c(=O)oc2c1. The minimum absolute atomic E-state index is 0.0257. The monoisotopic (exact) mass is 293 g/mol. The van der Waals surface area contributed by atoms with Gasteiger partial charge in [0.1, 0.15) is 0 Å². The minimum Gasteiger partial charge on any atom is -0.481 e. The molecule has 21 heavy (non-hydrogen) atoms. The van der Waals surface area contributed by atoms with Gasteiger partial charge in [-0.2, -0.15) is 0 Å². The van der Waals surface area contributed by atoms with Gasteiger partial charge in [0.15, 0.2) is 5.58 Å². The Labute approximate surface area is 119 Å². The number of carbonyl (C=O) groups is 2. The Hall–Kier alpha value is -2.57. The van der Waals surface area contributed by atoms with Crippen LogP contribution in [0.5, 0.6) is 0 Å². The van der Waals surface area contributed by atoms with E-state index in [1.807, 2.05) is 0 Å². The smallest absolute Gasteiger partial charge is 0.417 e. The van der Waals surface area contributed by atoms with Crippen molar-refractivity contribution in [1.82, 2.24) is 4.98 Å². The molecule has 2 rings (SSSR count). The van der Waals surface area contributed by atoms with Crippen LogP contribution in [0.15, 0.2) is 27.4 Å². The number of H-pyrrole nitrogens is 1. The molecule has 0 saturated heterocycles. The van der Waals surface area contributed by atoms with Crippen LogP contribution in [0, 0.1) is 5.92 Å². The van der Waals surface area contributed by atoms with E-state index in [4.69, 9.17) is 9.52 Å². The van der Waals surface area contributed by atoms with Gasteiger partial charge in [0.05, 0.1) is 12.6 Å². The highest BCUT2D eigenvalue weighted by Gasteiger charge is 2.19. The van der Waals surface area contributed by atoms with E-state index in [9.17, 15) is 14.4 Å². The summed E-state index contributed by atoms with van der Waals surface area (Å²) >= 11 is 0. The molecule has 2 aromatic rings. The van der Waals surface area contributed by atoms with Crippen molar-refractivity contribution >= 4 is 23.0 Å². The van der Waals surface area contributed by atoms with Gasteiger partial charge < -0.3 is 14.3 Å². The fourth-order valence-electron chi connectivity index (χ4n) is 2.23. The van der Waals surface area contributed by atoms with E-state index in [1.165, 1.54) is 7.11 Å². The van der Waals surface area contributed by atoms with Gasteiger partial charge >= 0.3 is 17.7 Å². The number of oxazole rings is 1. The molecule has 0 bridgehead atoms. The first kappa shape index (κ1) is 14.8. The molecule has 7 heteroatoms. The maximum atomic E-state index is 11.3. The summed E-state index contributed by atoms with van der Waals surface area (Å²) < 4.78 is 9.53. The third-order valence-electron chi connectivity index (χ3n) is 3.16. The van der Waals surface area contributed by atoms with Crippen LogP contribution < -0.4 is 5.76 Å². The van der Waals surface area contributed by atoms with E-state index in [0.29, 0.717) is 17.5 Å². The Morgan fingerprint density at radius 3 is 2.81 bits per heavy atom. The van der Waals surface area contributed by atoms with Gasteiger partial charge in [-0.1, -0.05) is 6.07 Å². The predicted molar refractivity (Wildman–Crippen MR) is 72.9 cm³/mol. The molecule has 0 radical (unpaired) electrons. The van der Waals surface area contributed by atoms with Crippen molar-refractivity contribution in [3.63, 3.8) is 0 Å². The molecule has 1 aromatic carbocycles. The molecule has 0 fully saturated rings. The quantitative estimate of drug-likeness (QED) is 0.777. The lowest BCUT2D eigenvalue weighted by Crippen LogP contribution is -2.16. The Morgan fingerprint density at radius 2 is 2.14 bits per heavy atom. The number of nitrogens with one attached hydrogen (secondary N) is 1. The maximum absolute atomic E-state index is 11.3. The zero-order valence-electron chi connectivity index (χ0n) is 11.4. The lowest BCUT2D eigenvalue weighted by molar-refractivity contribution is -0.143. The number of carboxylic acids is 1. The first-order valence-electron chi connectivity index (χ1n) is 6.38. The molecule has 1 atom stereocenters. The highest BCUT2D eigenvalue weighted by molar-refractivity contribution is 5.74. The molecule has 0 spiro atoms. The van der Waals surface area contributed by atoms with Crippen molar-refractivity contribution in [3.05, 3.63) is 34.3 Å². The van der Waals surface area contributed by atoms with Gasteiger partial charge in [0.25, 0.3) is 0 Å². The number of aromatic nitrogens is 1. The first-order valence-corrected chi connectivity index (χ1v) is 6.38. The van der Waals surface area contributed by atoms with E-state index in [1.54, 1.807) is 18.2 Å². The lowest BCUT2D eigenvalue weighted by Gasteiger charge is -2.13. The van der Waals surface area contributed by atoms with Crippen LogP contribution in [0.3, 0.4) is 0 Å². The number of aliphatic carboxylic acids is 1. The topological polar surface area (TPSA) is 110 Å². The standard InChI is InChI=1S/C14H15NO6/c1-20-13(18)7-9(6-12(16)17)4-8-2-3-10-11(5-8)21-14(19)15-10/h2-3,5,9H,4,6-7H2,1H3,(H,15,19)(H,16,17). The Morgan fingerprint density at radius 1 is 1.38 bits per heavy atom. The predicted octanol–water partition coefficient (Wildman–Crippen LogP) is 1.32. The summed E-state index contributed by atoms with van der Waals surface area (Å²) in [5.41, 5.74) is 1.77. The fraction of sp³-hybridized carbons (Fsp3) is 0.357. The van der Waals surface area contributed by atoms with Crippen LogP contribution in [0.1, 0.15) is 18.4 Å². The number of carboxylic acid groups (broad SMARTS) is 1. The summed E-state index contributed by atoms with van der Waals surface area (Å²) in [7, 11) is 1.26. The normalized spacial score (nSPS) is 12.2. The van der Waals surface area contributed by atoms with Crippen molar-refractivity contribution in [2.45, 2.75) is 19.3 Å². The number of benzene rings is 1. The molecular formula is C14H15NO6. The molecule has 0 aliphatic carbocycles. The van der Waals surface area contributed by atoms with Crippen molar-refractivity contribution in [1.29, 1.82) is 0 Å². The van der Waals surface area contributed by atoms with Gasteiger partial charge in [-0.15, -0.1) is 0 Å². The van der Waals surface area contributed by atoms with Gasteiger partial charge in [-0.05, 0) is 30.0 Å². The number of ether oxygens (including phenoxy) is 1. The second kappa shape index (κ2) is 6.25. The van der Waals surface area contributed by atoms with E-state index in [-0.39, 0.29) is 18.8 Å². The summed E-state index contributed by atoms with van der Waals surface area (Å²) in [5, 5.41) is 8.91. The number of esters is 1. The summed E-state index contributed by atoms with van der Waals surface area (Å²) in [5.74, 6) is -2.34. The van der Waals surface area contributed by atoms with Crippen molar-refractivity contribution in [2.24, 2.45) is 5.92 Å². The van der Waals surface area contributed by atoms with Crippen molar-refractivity contribution in [2.75, 3.05) is 7.11 Å². The van der Waals surface area contributed by atoms with Crippen molar-refractivity contribution < 1.29 is 23.8 Å². The van der Waals surface area contributed by atoms with Crippen LogP contribution in [0.2, 0.25) is 0 Å². The molecule has 2 N–H and O–H groups in total. The van der Waals surface area contributed by atoms with Gasteiger partial charge in [-0.25, -0.2) is 4.79 Å². The molecule has 0 aliphatic heterocycles. The van der Waals surface area contributed by atoms with E-state index >= 15 is 0 Å². The molecule has 1 aromatic heterocycles. The zero-order valence-corrected chi connectivity index (χ0v) is 11.4. The third kappa shape index (κ3) is 3.95. The molecule has 0 saturated carbocycles. The summed E-state index contributed by atoms with van der Waals surface area (Å²) in [4.78, 5) is 35.8. The van der Waals surface area contributed by atoms with E-state index in [2.05, 4.69) is 9.72 Å². The van der Waals surface area contributed by atoms with Crippen LogP contribution in [-0.2, 0) is 20.7 Å². The molecule has 1 heterocycles. The highest BCUT2D eigenvalue weighted by atomic mass is 16.5. The number of rotatable bonds is 6. The van der Waals surface area contributed by atoms with E-state index < -0.39 is 17.7 Å². The van der Waals surface area contributed by atoms with E-state index in [0.717, 1.165) is 5.56 Å². The Kier molecular flexibility index (Phi) is 4.42. The van der Waals surface area contributed by atoms with Crippen molar-refractivity contribution in [3.8, 4) is 0 Å². The summed E-state index contributed by atoms with van der Waals surface area (Å²) in [6, 6.07) is 5.12. The summed E-state index contributed by atoms with van der Waals surface area (Å²) in [6.07, 6.45) is 0.272. The summed E-state index contributed by atoms with van der Waals surface area (Å²) in [6.45, 7) is 0. The third-order valence-corrected chi connectivity index (χ3v) is 3.16. The van der Waals surface area contributed by atoms with Gasteiger partial charge in [0.2, 0.25) is 0 Å². The largest absolute Gasteiger partial charge is 0.481 e. The number of hydrogen-bond donors (Lipinski definition) is 2. The molecule has 112 valence electrons. The van der Waals surface area contributed by atoms with Gasteiger partial charge in [-0.3, -0.25) is 14.6 Å². The first-order chi connectivity index (χ1) is 9.97. The Bertz CT molecular complexity index is 714. The average molecular weight is 293 g/mol. The van der Waals surface area contributed by atoms with Gasteiger partial charge in [0, 0.05) is 12.8 Å². The Balaban J connectivity index is 2.18. The zero-order chi connectivity index (χ0) is 15.4. The maximum Gasteiger partial charge on any atom is 0.417 e. The molecule has 1 unspecified atom stereocenters. The minimum atomic E-state index is -0.974. The van der Waals surface area contributed by atoms with Crippen LogP contribution >= 0.6 is 0 Å². The molecule has 0 amide bonds. The molecule has 0 aliphatic rings. The van der Waals surface area contributed by atoms with Crippen LogP contribution in [0.25, 0.3) is 11.1 Å². The second-order valence-electron chi connectivity index (χ2n) is 4.79.